The van der Waals surface area contributed by atoms with E-state index < -0.39 is 10.0 Å². The Bertz CT molecular complexity index is 1450. The zero-order valence-corrected chi connectivity index (χ0v) is 20.3. The minimum atomic E-state index is -3.73. The van der Waals surface area contributed by atoms with Crippen LogP contribution in [0.5, 0.6) is 0 Å². The van der Waals surface area contributed by atoms with Crippen LogP contribution in [0, 0.1) is 0 Å². The van der Waals surface area contributed by atoms with Crippen molar-refractivity contribution >= 4 is 49.8 Å². The highest BCUT2D eigenvalue weighted by molar-refractivity contribution is 8.00. The van der Waals surface area contributed by atoms with Crippen LogP contribution in [0.3, 0.4) is 0 Å². The number of fused-ring (bicyclic) bond motifs is 1. The maximum atomic E-state index is 13.0. The van der Waals surface area contributed by atoms with Gasteiger partial charge in [-0.2, -0.15) is 0 Å². The lowest BCUT2D eigenvalue weighted by Crippen LogP contribution is -2.27. The van der Waals surface area contributed by atoms with Gasteiger partial charge in [-0.05, 0) is 64.7 Å². The quantitative estimate of drug-likeness (QED) is 0.362. The Kier molecular flexibility index (Phi) is 6.06. The minimum absolute atomic E-state index is 0.0698. The first kappa shape index (κ1) is 22.5. The Morgan fingerprint density at radius 2 is 1.62 bits per heavy atom. The number of thioether (sulfide) groups is 1. The molecule has 1 aliphatic rings. The fourth-order valence-electron chi connectivity index (χ4n) is 4.11. The average Bonchev–Trinajstić information content (AvgIpc) is 3.25. The highest BCUT2D eigenvalue weighted by Gasteiger charge is 2.34. The first-order chi connectivity index (χ1) is 16.4. The van der Waals surface area contributed by atoms with Gasteiger partial charge in [0.15, 0.2) is 0 Å². The largest absolute Gasteiger partial charge is 0.295 e. The number of nitrogens with zero attached hydrogens (tertiary/aromatic N) is 1. The summed E-state index contributed by atoms with van der Waals surface area (Å²) >= 11 is 1.57. The van der Waals surface area contributed by atoms with E-state index in [1.54, 1.807) is 36.0 Å². The van der Waals surface area contributed by atoms with Crippen molar-refractivity contribution in [1.29, 1.82) is 0 Å². The third-order valence-electron chi connectivity index (χ3n) is 5.97. The van der Waals surface area contributed by atoms with Crippen molar-refractivity contribution in [2.24, 2.45) is 0 Å². The highest BCUT2D eigenvalue weighted by atomic mass is 32.2. The van der Waals surface area contributed by atoms with Crippen molar-refractivity contribution < 1.29 is 13.2 Å². The fraction of sp³-hybridized carbons (Fsp3) is 0.148. The van der Waals surface area contributed by atoms with Gasteiger partial charge in [-0.1, -0.05) is 61.5 Å². The molecule has 1 saturated heterocycles. The molecule has 1 amide bonds. The summed E-state index contributed by atoms with van der Waals surface area (Å²) in [7, 11) is -3.73. The molecule has 1 N–H and O–H groups in total. The van der Waals surface area contributed by atoms with E-state index in [0.29, 0.717) is 11.4 Å². The van der Waals surface area contributed by atoms with E-state index in [1.165, 1.54) is 5.56 Å². The summed E-state index contributed by atoms with van der Waals surface area (Å²) in [6.45, 7) is 2.10. The zero-order chi connectivity index (χ0) is 23.7. The van der Waals surface area contributed by atoms with Crippen LogP contribution in [0.2, 0.25) is 0 Å². The molecule has 0 radical (unpaired) electrons. The number of sulfonamides is 1. The van der Waals surface area contributed by atoms with Gasteiger partial charge < -0.3 is 0 Å². The molecule has 0 unspecified atom stereocenters. The van der Waals surface area contributed by atoms with E-state index in [1.807, 2.05) is 71.6 Å². The number of nitrogens with one attached hydrogen (secondary N) is 1. The number of hydrogen-bond donors (Lipinski definition) is 1. The van der Waals surface area contributed by atoms with Crippen LogP contribution in [0.25, 0.3) is 10.8 Å². The number of benzene rings is 4. The van der Waals surface area contributed by atoms with E-state index in [4.69, 9.17) is 0 Å². The number of rotatable bonds is 6. The molecule has 1 heterocycles. The minimum Gasteiger partial charge on any atom is -0.295 e. The number of hydrogen-bond acceptors (Lipinski definition) is 4. The second kappa shape index (κ2) is 9.16. The van der Waals surface area contributed by atoms with Crippen LogP contribution in [-0.2, 0) is 21.2 Å². The molecule has 1 atom stereocenters. The van der Waals surface area contributed by atoms with Gasteiger partial charge in [-0.25, -0.2) is 8.42 Å². The Morgan fingerprint density at radius 3 is 2.32 bits per heavy atom. The van der Waals surface area contributed by atoms with Crippen LogP contribution >= 0.6 is 11.8 Å². The molecule has 1 aliphatic heterocycles. The summed E-state index contributed by atoms with van der Waals surface area (Å²) in [4.78, 5) is 14.7. The summed E-state index contributed by atoms with van der Waals surface area (Å²) in [6.07, 6.45) is 0.947. The maximum Gasteiger partial charge on any atom is 0.261 e. The SMILES string of the molecule is CCc1ccc(N2C(=O)CS[C@@H]2c2ccc(NS(=O)(=O)c3ccc4ccccc4c3)cc2)cc1. The third kappa shape index (κ3) is 4.41. The Labute approximate surface area is 203 Å². The van der Waals surface area contributed by atoms with E-state index in [9.17, 15) is 13.2 Å². The molecule has 0 bridgehead atoms. The molecule has 7 heteroatoms. The van der Waals surface area contributed by atoms with Gasteiger partial charge in [0.2, 0.25) is 5.91 Å². The molecule has 5 rings (SSSR count). The molecule has 172 valence electrons. The predicted octanol–water partition coefficient (Wildman–Crippen LogP) is 5.98. The molecule has 0 aromatic heterocycles. The Balaban J connectivity index is 1.36. The second-order valence-electron chi connectivity index (χ2n) is 8.18. The van der Waals surface area contributed by atoms with Gasteiger partial charge in [0.05, 0.1) is 10.6 Å². The Morgan fingerprint density at radius 1 is 0.912 bits per heavy atom. The van der Waals surface area contributed by atoms with Crippen molar-refractivity contribution in [1.82, 2.24) is 0 Å². The van der Waals surface area contributed by atoms with Gasteiger partial charge >= 0.3 is 0 Å². The number of carbonyl (C=O) groups is 1. The van der Waals surface area contributed by atoms with Gasteiger partial charge in [0.25, 0.3) is 10.0 Å². The number of anilines is 2. The molecule has 0 saturated carbocycles. The van der Waals surface area contributed by atoms with Crippen LogP contribution in [0.4, 0.5) is 11.4 Å². The number of amides is 1. The molecule has 34 heavy (non-hydrogen) atoms. The molecule has 0 aliphatic carbocycles. The molecule has 1 fully saturated rings. The number of carbonyl (C=O) groups excluding carboxylic acids is 1. The summed E-state index contributed by atoms with van der Waals surface area (Å²) in [5.41, 5.74) is 3.52. The molecular formula is C27H24N2O3S2. The standard InChI is InChI=1S/C27H24N2O3S2/c1-2-19-7-14-24(15-8-19)29-26(30)18-33-27(29)21-9-12-23(13-10-21)28-34(31,32)25-16-11-20-5-3-4-6-22(20)17-25/h3-17,27-28H,2,18H2,1H3/t27-/m1/s1. The molecule has 4 aromatic rings. The van der Waals surface area contributed by atoms with Crippen molar-refractivity contribution in [3.63, 3.8) is 0 Å². The van der Waals surface area contributed by atoms with Crippen molar-refractivity contribution in [3.8, 4) is 0 Å². The summed E-state index contributed by atoms with van der Waals surface area (Å²) in [5, 5.41) is 1.71. The van der Waals surface area contributed by atoms with Crippen LogP contribution < -0.4 is 9.62 Å². The lowest BCUT2D eigenvalue weighted by Gasteiger charge is -2.24. The first-order valence-electron chi connectivity index (χ1n) is 11.1. The molecular weight excluding hydrogens is 464 g/mol. The zero-order valence-electron chi connectivity index (χ0n) is 18.6. The van der Waals surface area contributed by atoms with Crippen LogP contribution in [0.1, 0.15) is 23.4 Å². The average molecular weight is 489 g/mol. The van der Waals surface area contributed by atoms with Crippen LogP contribution in [-0.4, -0.2) is 20.1 Å². The smallest absolute Gasteiger partial charge is 0.261 e. The van der Waals surface area contributed by atoms with E-state index >= 15 is 0 Å². The van der Waals surface area contributed by atoms with E-state index in [2.05, 4.69) is 11.6 Å². The molecule has 0 spiro atoms. The predicted molar refractivity (Wildman–Crippen MR) is 140 cm³/mol. The van der Waals surface area contributed by atoms with Gasteiger partial charge in [0, 0.05) is 11.4 Å². The van der Waals surface area contributed by atoms with Crippen LogP contribution in [0.15, 0.2) is 95.9 Å². The topological polar surface area (TPSA) is 66.5 Å². The van der Waals surface area contributed by atoms with E-state index in [-0.39, 0.29) is 16.2 Å². The van der Waals surface area contributed by atoms with Gasteiger partial charge in [0.1, 0.15) is 5.37 Å². The van der Waals surface area contributed by atoms with E-state index in [0.717, 1.165) is 28.4 Å². The molecule has 4 aromatic carbocycles. The number of aryl methyl sites for hydroxylation is 1. The fourth-order valence-corrected chi connectivity index (χ4v) is 6.38. The maximum absolute atomic E-state index is 13.0. The Hall–Kier alpha value is -3.29. The van der Waals surface area contributed by atoms with Crippen molar-refractivity contribution in [2.45, 2.75) is 23.6 Å². The molecule has 5 nitrogen and oxygen atoms in total. The second-order valence-corrected chi connectivity index (χ2v) is 10.9. The lowest BCUT2D eigenvalue weighted by molar-refractivity contribution is -0.115. The van der Waals surface area contributed by atoms with Gasteiger partial charge in [-0.15, -0.1) is 11.8 Å². The lowest BCUT2D eigenvalue weighted by atomic mass is 10.1. The summed E-state index contributed by atoms with van der Waals surface area (Å²) in [6, 6.07) is 28.1. The van der Waals surface area contributed by atoms with Crippen molar-refractivity contribution in [3.05, 3.63) is 102 Å². The van der Waals surface area contributed by atoms with Crippen molar-refractivity contribution in [2.75, 3.05) is 15.4 Å². The summed E-state index contributed by atoms with van der Waals surface area (Å²) < 4.78 is 28.6. The monoisotopic (exact) mass is 488 g/mol. The first-order valence-corrected chi connectivity index (χ1v) is 13.6. The summed E-state index contributed by atoms with van der Waals surface area (Å²) in [5.74, 6) is 0.483. The normalized spacial score (nSPS) is 16.2. The third-order valence-corrected chi connectivity index (χ3v) is 8.56. The van der Waals surface area contributed by atoms with Gasteiger partial charge in [-0.3, -0.25) is 14.4 Å². The highest BCUT2D eigenvalue weighted by Crippen LogP contribution is 2.42.